The molecular weight excluding hydrogens is 335 g/mol. The molecule has 2 N–H and O–H groups in total. The van der Waals surface area contributed by atoms with Crippen molar-refractivity contribution in [1.82, 2.24) is 0 Å². The molecule has 0 unspecified atom stereocenters. The van der Waals surface area contributed by atoms with Gasteiger partial charge in [-0.15, -0.1) is 0 Å². The lowest BCUT2D eigenvalue weighted by atomic mass is 10.3. The summed E-state index contributed by atoms with van der Waals surface area (Å²) >= 11 is 12.0. The van der Waals surface area contributed by atoms with E-state index in [9.17, 15) is 4.79 Å². The van der Waals surface area contributed by atoms with Gasteiger partial charge < -0.3 is 15.4 Å². The molecule has 0 aliphatic heterocycles. The van der Waals surface area contributed by atoms with E-state index in [2.05, 4.69) is 17.2 Å². The highest BCUT2D eigenvalue weighted by Gasteiger charge is 2.09. The molecule has 0 bridgehead atoms. The molecule has 0 aromatic heterocycles. The lowest BCUT2D eigenvalue weighted by Crippen LogP contribution is -2.22. The molecule has 6 heteroatoms. The Hall–Kier alpha value is -2.17. The van der Waals surface area contributed by atoms with Crippen molar-refractivity contribution < 1.29 is 9.53 Å². The van der Waals surface area contributed by atoms with Crippen molar-refractivity contribution in [2.45, 2.75) is 0 Å². The first kappa shape index (κ1) is 17.2. The number of nitrogens with one attached hydrogen (secondary N) is 2. The molecule has 0 aliphatic carbocycles. The van der Waals surface area contributed by atoms with Gasteiger partial charge in [-0.05, 0) is 24.3 Å². The van der Waals surface area contributed by atoms with E-state index in [0.29, 0.717) is 33.8 Å². The minimum absolute atomic E-state index is 0.0514. The molecule has 23 heavy (non-hydrogen) atoms. The number of rotatable bonds is 7. The van der Waals surface area contributed by atoms with Crippen molar-refractivity contribution in [2.75, 3.05) is 23.8 Å². The predicted molar refractivity (Wildman–Crippen MR) is 95.7 cm³/mol. The van der Waals surface area contributed by atoms with Crippen LogP contribution in [0.25, 0.3) is 0 Å². The van der Waals surface area contributed by atoms with Crippen LogP contribution in [0.15, 0.2) is 55.1 Å². The molecule has 120 valence electrons. The Morgan fingerprint density at radius 2 is 1.87 bits per heavy atom. The van der Waals surface area contributed by atoms with Crippen molar-refractivity contribution >= 4 is 40.5 Å². The van der Waals surface area contributed by atoms with Gasteiger partial charge >= 0.3 is 0 Å². The van der Waals surface area contributed by atoms with Crippen LogP contribution in [0.3, 0.4) is 0 Å². The van der Waals surface area contributed by atoms with Gasteiger partial charge in [0.25, 0.3) is 0 Å². The first-order valence-corrected chi connectivity index (χ1v) is 7.68. The summed E-state index contributed by atoms with van der Waals surface area (Å²) in [5.41, 5.74) is 1.20. The van der Waals surface area contributed by atoms with Crippen molar-refractivity contribution in [3.63, 3.8) is 0 Å². The number of para-hydroxylation sites is 2. The molecule has 0 atom stereocenters. The van der Waals surface area contributed by atoms with Crippen LogP contribution < -0.4 is 15.4 Å². The molecule has 2 aromatic rings. The molecule has 0 saturated heterocycles. The summed E-state index contributed by atoms with van der Waals surface area (Å²) in [4.78, 5) is 12.1. The van der Waals surface area contributed by atoms with E-state index in [4.69, 9.17) is 27.9 Å². The van der Waals surface area contributed by atoms with Crippen LogP contribution in [0.5, 0.6) is 5.75 Å². The van der Waals surface area contributed by atoms with Crippen LogP contribution in [0.2, 0.25) is 10.0 Å². The molecule has 0 fully saturated rings. The molecule has 4 nitrogen and oxygen atoms in total. The number of hydrogen-bond acceptors (Lipinski definition) is 3. The van der Waals surface area contributed by atoms with E-state index in [1.165, 1.54) is 0 Å². The molecule has 0 aliphatic rings. The smallest absolute Gasteiger partial charge is 0.243 e. The van der Waals surface area contributed by atoms with Crippen molar-refractivity contribution in [1.29, 1.82) is 0 Å². The summed E-state index contributed by atoms with van der Waals surface area (Å²) in [5, 5.41) is 6.55. The fourth-order valence-corrected chi connectivity index (χ4v) is 2.22. The van der Waals surface area contributed by atoms with Crippen LogP contribution in [-0.4, -0.2) is 19.1 Å². The summed E-state index contributed by atoms with van der Waals surface area (Å²) in [6, 6.07) is 12.4. The van der Waals surface area contributed by atoms with E-state index in [-0.39, 0.29) is 12.5 Å². The van der Waals surface area contributed by atoms with E-state index in [1.807, 2.05) is 12.1 Å². The SMILES string of the molecule is C=CCOc1ccccc1NC(=O)CNc1cccc(Cl)c1Cl. The number of halogens is 2. The highest BCUT2D eigenvalue weighted by Crippen LogP contribution is 2.29. The zero-order valence-electron chi connectivity index (χ0n) is 12.3. The quantitative estimate of drug-likeness (QED) is 0.717. The molecular formula is C17H16Cl2N2O2. The zero-order valence-corrected chi connectivity index (χ0v) is 13.8. The summed E-state index contributed by atoms with van der Waals surface area (Å²) in [7, 11) is 0. The molecule has 0 radical (unpaired) electrons. The van der Waals surface area contributed by atoms with Gasteiger partial charge in [-0.2, -0.15) is 0 Å². The minimum Gasteiger partial charge on any atom is -0.487 e. The Labute approximate surface area is 145 Å². The number of hydrogen-bond donors (Lipinski definition) is 2. The van der Waals surface area contributed by atoms with E-state index in [1.54, 1.807) is 36.4 Å². The van der Waals surface area contributed by atoms with Gasteiger partial charge in [0.1, 0.15) is 12.4 Å². The second-order valence-electron chi connectivity index (χ2n) is 4.60. The topological polar surface area (TPSA) is 50.4 Å². The number of ether oxygens (including phenoxy) is 1. The van der Waals surface area contributed by atoms with Crippen molar-refractivity contribution in [3.8, 4) is 5.75 Å². The molecule has 1 amide bonds. The average molecular weight is 351 g/mol. The van der Waals surface area contributed by atoms with Gasteiger partial charge in [-0.1, -0.05) is 54.1 Å². The average Bonchev–Trinajstić information content (AvgIpc) is 2.55. The first-order valence-electron chi connectivity index (χ1n) is 6.92. The molecule has 0 saturated carbocycles. The number of amides is 1. The maximum atomic E-state index is 12.1. The lowest BCUT2D eigenvalue weighted by Gasteiger charge is -2.12. The van der Waals surface area contributed by atoms with Crippen LogP contribution >= 0.6 is 23.2 Å². The number of carbonyl (C=O) groups is 1. The normalized spacial score (nSPS) is 10.0. The Balaban J connectivity index is 1.97. The first-order chi connectivity index (χ1) is 11.1. The predicted octanol–water partition coefficient (Wildman–Crippen LogP) is 4.61. The molecule has 0 heterocycles. The molecule has 2 aromatic carbocycles. The Morgan fingerprint density at radius 3 is 2.65 bits per heavy atom. The van der Waals surface area contributed by atoms with Crippen molar-refractivity contribution in [2.24, 2.45) is 0 Å². The number of benzene rings is 2. The largest absolute Gasteiger partial charge is 0.487 e. The summed E-state index contributed by atoms with van der Waals surface area (Å²) in [6.45, 7) is 4.01. The third kappa shape index (κ3) is 4.91. The Morgan fingerprint density at radius 1 is 1.13 bits per heavy atom. The second-order valence-corrected chi connectivity index (χ2v) is 5.38. The summed E-state index contributed by atoms with van der Waals surface area (Å²) in [5.74, 6) is 0.359. The monoisotopic (exact) mass is 350 g/mol. The fourth-order valence-electron chi connectivity index (χ4n) is 1.85. The minimum atomic E-state index is -0.226. The maximum absolute atomic E-state index is 12.1. The maximum Gasteiger partial charge on any atom is 0.243 e. The van der Waals surface area contributed by atoms with Crippen LogP contribution in [-0.2, 0) is 4.79 Å². The highest BCUT2D eigenvalue weighted by atomic mass is 35.5. The van der Waals surface area contributed by atoms with Gasteiger partial charge in [0, 0.05) is 0 Å². The van der Waals surface area contributed by atoms with Crippen LogP contribution in [0.1, 0.15) is 0 Å². The Kier molecular flexibility index (Phi) is 6.32. The third-order valence-corrected chi connectivity index (χ3v) is 3.73. The lowest BCUT2D eigenvalue weighted by molar-refractivity contribution is -0.114. The molecule has 2 rings (SSSR count). The second kappa shape index (κ2) is 8.46. The summed E-state index contributed by atoms with van der Waals surface area (Å²) in [6.07, 6.45) is 1.64. The third-order valence-electron chi connectivity index (χ3n) is 2.91. The van der Waals surface area contributed by atoms with Crippen LogP contribution in [0, 0.1) is 0 Å². The zero-order chi connectivity index (χ0) is 16.7. The van der Waals surface area contributed by atoms with Crippen molar-refractivity contribution in [3.05, 3.63) is 65.2 Å². The fraction of sp³-hybridized carbons (Fsp3) is 0.118. The van der Waals surface area contributed by atoms with Gasteiger partial charge in [-0.25, -0.2) is 0 Å². The Bertz CT molecular complexity index is 705. The standard InChI is InChI=1S/C17H16Cl2N2O2/c1-2-10-23-15-9-4-3-7-13(15)21-16(22)11-20-14-8-5-6-12(18)17(14)19/h2-9,20H,1,10-11H2,(H,21,22). The van der Waals surface area contributed by atoms with Gasteiger partial charge in [-0.3, -0.25) is 4.79 Å². The van der Waals surface area contributed by atoms with E-state index < -0.39 is 0 Å². The van der Waals surface area contributed by atoms with Crippen LogP contribution in [0.4, 0.5) is 11.4 Å². The van der Waals surface area contributed by atoms with E-state index >= 15 is 0 Å². The van der Waals surface area contributed by atoms with Gasteiger partial charge in [0.05, 0.1) is 28.0 Å². The summed E-state index contributed by atoms with van der Waals surface area (Å²) < 4.78 is 5.49. The molecule has 0 spiro atoms. The number of carbonyl (C=O) groups excluding carboxylic acids is 1. The van der Waals surface area contributed by atoms with E-state index in [0.717, 1.165) is 0 Å². The number of anilines is 2. The van der Waals surface area contributed by atoms with Gasteiger partial charge in [0.2, 0.25) is 5.91 Å². The van der Waals surface area contributed by atoms with Gasteiger partial charge in [0.15, 0.2) is 0 Å². The highest BCUT2D eigenvalue weighted by molar-refractivity contribution is 6.43.